The fraction of sp³-hybridized carbons (Fsp3) is 0.211. The van der Waals surface area contributed by atoms with Crippen molar-refractivity contribution in [1.82, 2.24) is 14.3 Å². The van der Waals surface area contributed by atoms with Gasteiger partial charge >= 0.3 is 0 Å². The number of nitrogens with zero attached hydrogens (tertiary/aromatic N) is 3. The number of aromatic nitrogens is 2. The normalized spacial score (nSPS) is 11.0. The maximum atomic E-state index is 12.2. The zero-order valence-electron chi connectivity index (χ0n) is 15.0. The zero-order valence-corrected chi connectivity index (χ0v) is 15.7. The number of methoxy groups -OCH3 is 1. The van der Waals surface area contributed by atoms with Gasteiger partial charge in [0.1, 0.15) is 11.4 Å². The molecule has 1 N–H and O–H groups in total. The van der Waals surface area contributed by atoms with Gasteiger partial charge in [0.15, 0.2) is 0 Å². The van der Waals surface area contributed by atoms with Crippen LogP contribution in [0.4, 0.5) is 5.69 Å². The van der Waals surface area contributed by atoms with E-state index in [2.05, 4.69) is 10.3 Å². The van der Waals surface area contributed by atoms with Crippen molar-refractivity contribution in [3.63, 3.8) is 0 Å². The van der Waals surface area contributed by atoms with Crippen molar-refractivity contribution in [2.24, 2.45) is 0 Å². The van der Waals surface area contributed by atoms with Gasteiger partial charge in [0.25, 0.3) is 5.56 Å². The molecule has 3 rings (SSSR count). The van der Waals surface area contributed by atoms with Gasteiger partial charge in [-0.05, 0) is 31.3 Å². The molecule has 0 aliphatic carbocycles. The lowest BCUT2D eigenvalue weighted by Gasteiger charge is -2.16. The Morgan fingerprint density at radius 2 is 2.11 bits per heavy atom. The molecule has 3 aromatic rings. The van der Waals surface area contributed by atoms with Gasteiger partial charge in [-0.1, -0.05) is 17.7 Å². The van der Waals surface area contributed by atoms with Crippen molar-refractivity contribution in [1.29, 1.82) is 0 Å². The number of benzene rings is 1. The van der Waals surface area contributed by atoms with Gasteiger partial charge in [0, 0.05) is 30.6 Å². The van der Waals surface area contributed by atoms with Crippen molar-refractivity contribution in [2.75, 3.05) is 26.0 Å². The molecule has 0 saturated heterocycles. The van der Waals surface area contributed by atoms with E-state index < -0.39 is 0 Å². The van der Waals surface area contributed by atoms with Crippen LogP contribution in [0.15, 0.2) is 53.5 Å². The van der Waals surface area contributed by atoms with Gasteiger partial charge in [-0.15, -0.1) is 0 Å². The monoisotopic (exact) mass is 386 g/mol. The maximum absolute atomic E-state index is 12.2. The lowest BCUT2D eigenvalue weighted by Crippen LogP contribution is -2.30. The molecule has 0 atom stereocenters. The van der Waals surface area contributed by atoms with Crippen LogP contribution in [0.1, 0.15) is 5.69 Å². The summed E-state index contributed by atoms with van der Waals surface area (Å²) in [4.78, 5) is 30.7. The first kappa shape index (κ1) is 18.9. The fourth-order valence-electron chi connectivity index (χ4n) is 2.69. The molecule has 2 aromatic heterocycles. The van der Waals surface area contributed by atoms with Gasteiger partial charge in [-0.2, -0.15) is 0 Å². The molecule has 8 heteroatoms. The molecule has 1 aromatic carbocycles. The summed E-state index contributed by atoms with van der Waals surface area (Å²) in [6, 6.07) is 11.9. The number of hydrogen-bond acceptors (Lipinski definition) is 5. The van der Waals surface area contributed by atoms with Crippen LogP contribution >= 0.6 is 11.6 Å². The summed E-state index contributed by atoms with van der Waals surface area (Å²) in [6.45, 7) is 0.513. The Morgan fingerprint density at radius 3 is 2.89 bits per heavy atom. The lowest BCUT2D eigenvalue weighted by molar-refractivity contribution is -0.117. The number of likely N-dealkylation sites (N-methyl/N-ethyl adjacent to an activating group) is 1. The number of pyridine rings is 1. The zero-order chi connectivity index (χ0) is 19.4. The highest BCUT2D eigenvalue weighted by molar-refractivity contribution is 6.30. The Labute approximate surface area is 161 Å². The first-order valence-corrected chi connectivity index (χ1v) is 8.63. The number of nitrogens with one attached hydrogen (secondary N) is 1. The van der Waals surface area contributed by atoms with Crippen LogP contribution in [0, 0.1) is 0 Å². The number of amides is 1. The highest BCUT2D eigenvalue weighted by atomic mass is 35.5. The summed E-state index contributed by atoms with van der Waals surface area (Å²) < 4.78 is 6.53. The smallest absolute Gasteiger partial charge is 0.258 e. The molecule has 140 valence electrons. The predicted molar refractivity (Wildman–Crippen MR) is 104 cm³/mol. The van der Waals surface area contributed by atoms with Crippen LogP contribution in [0.25, 0.3) is 5.65 Å². The van der Waals surface area contributed by atoms with Crippen LogP contribution < -0.4 is 15.6 Å². The second-order valence-electron chi connectivity index (χ2n) is 6.11. The van der Waals surface area contributed by atoms with Gasteiger partial charge in [-0.25, -0.2) is 4.98 Å². The van der Waals surface area contributed by atoms with Gasteiger partial charge < -0.3 is 10.1 Å². The fourth-order valence-corrected chi connectivity index (χ4v) is 2.85. The first-order valence-electron chi connectivity index (χ1n) is 8.25. The molecule has 7 nitrogen and oxygen atoms in total. The summed E-state index contributed by atoms with van der Waals surface area (Å²) in [7, 11) is 3.36. The van der Waals surface area contributed by atoms with Crippen LogP contribution in [-0.2, 0) is 11.3 Å². The van der Waals surface area contributed by atoms with Gasteiger partial charge in [0.2, 0.25) is 5.91 Å². The van der Waals surface area contributed by atoms with E-state index in [0.717, 1.165) is 0 Å². The van der Waals surface area contributed by atoms with Crippen molar-refractivity contribution >= 4 is 28.8 Å². The third kappa shape index (κ3) is 4.84. The Balaban J connectivity index is 1.65. The van der Waals surface area contributed by atoms with Crippen LogP contribution in [0.2, 0.25) is 5.02 Å². The van der Waals surface area contributed by atoms with E-state index in [9.17, 15) is 9.59 Å². The van der Waals surface area contributed by atoms with E-state index in [1.807, 2.05) is 0 Å². The maximum Gasteiger partial charge on any atom is 0.258 e. The molecule has 1 amide bonds. The van der Waals surface area contributed by atoms with E-state index in [1.54, 1.807) is 55.5 Å². The number of ether oxygens (including phenoxy) is 1. The molecule has 27 heavy (non-hydrogen) atoms. The molecule has 0 radical (unpaired) electrons. The topological polar surface area (TPSA) is 75.9 Å². The number of hydrogen-bond donors (Lipinski definition) is 1. The lowest BCUT2D eigenvalue weighted by atomic mass is 10.3. The highest BCUT2D eigenvalue weighted by Gasteiger charge is 2.10. The Bertz CT molecular complexity index is 1030. The minimum atomic E-state index is -0.216. The van der Waals surface area contributed by atoms with Crippen LogP contribution in [0.5, 0.6) is 5.75 Å². The van der Waals surface area contributed by atoms with E-state index in [4.69, 9.17) is 16.3 Å². The molecule has 0 bridgehead atoms. The number of rotatable bonds is 6. The van der Waals surface area contributed by atoms with Gasteiger partial charge in [0.05, 0.1) is 24.4 Å². The molecule has 0 unspecified atom stereocenters. The molecule has 0 fully saturated rings. The minimum Gasteiger partial charge on any atom is -0.497 e. The minimum absolute atomic E-state index is 0.152. The molecular weight excluding hydrogens is 368 g/mol. The molecule has 0 aliphatic rings. The third-order valence-corrected chi connectivity index (χ3v) is 4.10. The van der Waals surface area contributed by atoms with Crippen molar-refractivity contribution < 1.29 is 9.53 Å². The largest absolute Gasteiger partial charge is 0.497 e. The number of carbonyl (C=O) groups is 1. The number of anilines is 1. The number of carbonyl (C=O) groups excluding carboxylic acids is 1. The standard InChI is InChI=1S/C19H19ClN4O3/c1-23(12-18(25)22-14-4-3-5-16(8-14)27-2)11-15-9-19(26)24-10-13(20)6-7-17(24)21-15/h3-10H,11-12H2,1-2H3,(H,22,25). The molecule has 0 spiro atoms. The predicted octanol–water partition coefficient (Wildman–Crippen LogP) is 2.43. The average molecular weight is 387 g/mol. The quantitative estimate of drug-likeness (QED) is 0.704. The third-order valence-electron chi connectivity index (χ3n) is 3.88. The summed E-state index contributed by atoms with van der Waals surface area (Å²) in [5.41, 5.74) is 1.54. The summed E-state index contributed by atoms with van der Waals surface area (Å²) in [6.07, 6.45) is 1.53. The van der Waals surface area contributed by atoms with Crippen molar-refractivity contribution in [3.8, 4) is 5.75 Å². The van der Waals surface area contributed by atoms with Gasteiger partial charge in [-0.3, -0.25) is 18.9 Å². The highest BCUT2D eigenvalue weighted by Crippen LogP contribution is 2.16. The van der Waals surface area contributed by atoms with Crippen LogP contribution in [0.3, 0.4) is 0 Å². The van der Waals surface area contributed by atoms with Crippen LogP contribution in [-0.4, -0.2) is 40.9 Å². The first-order chi connectivity index (χ1) is 12.9. The van der Waals surface area contributed by atoms with Crippen molar-refractivity contribution in [2.45, 2.75) is 6.54 Å². The summed E-state index contributed by atoms with van der Waals surface area (Å²) in [5, 5.41) is 3.28. The van der Waals surface area contributed by atoms with E-state index >= 15 is 0 Å². The Morgan fingerprint density at radius 1 is 1.30 bits per heavy atom. The van der Waals surface area contributed by atoms with E-state index in [1.165, 1.54) is 16.7 Å². The summed E-state index contributed by atoms with van der Waals surface area (Å²) in [5.74, 6) is 0.497. The molecular formula is C19H19ClN4O3. The van der Waals surface area contributed by atoms with E-state index in [-0.39, 0.29) is 18.0 Å². The second kappa shape index (κ2) is 8.20. The van der Waals surface area contributed by atoms with E-state index in [0.29, 0.717) is 34.3 Å². The second-order valence-corrected chi connectivity index (χ2v) is 6.55. The average Bonchev–Trinajstić information content (AvgIpc) is 2.62. The molecule has 0 saturated carbocycles. The van der Waals surface area contributed by atoms with Crippen molar-refractivity contribution in [3.05, 3.63) is 69.7 Å². The number of halogens is 1. The number of fused-ring (bicyclic) bond motifs is 1. The molecule has 2 heterocycles. The Hall–Kier alpha value is -2.90. The summed E-state index contributed by atoms with van der Waals surface area (Å²) >= 11 is 5.91. The Kier molecular flexibility index (Phi) is 5.73. The SMILES string of the molecule is COc1cccc(NC(=O)CN(C)Cc2cc(=O)n3cc(Cl)ccc3n2)c1. The molecule has 0 aliphatic heterocycles.